The molecule has 0 saturated heterocycles. The summed E-state index contributed by atoms with van der Waals surface area (Å²) in [7, 11) is -3.43. The minimum atomic E-state index is -3.43. The van der Waals surface area contributed by atoms with Crippen molar-refractivity contribution in [2.75, 3.05) is 0 Å². The van der Waals surface area contributed by atoms with Crippen molar-refractivity contribution in [1.29, 1.82) is 0 Å². The zero-order valence-corrected chi connectivity index (χ0v) is 10.4. The summed E-state index contributed by atoms with van der Waals surface area (Å²) < 4.78 is 26.2. The van der Waals surface area contributed by atoms with Crippen molar-refractivity contribution < 1.29 is 8.42 Å². The maximum atomic E-state index is 11.8. The number of hydrogen-bond acceptors (Lipinski definition) is 3. The lowest BCUT2D eigenvalue weighted by Crippen LogP contribution is -2.37. The summed E-state index contributed by atoms with van der Waals surface area (Å²) in [6.45, 7) is 0. The van der Waals surface area contributed by atoms with Crippen LogP contribution in [-0.4, -0.2) is 29.5 Å². The predicted molar refractivity (Wildman–Crippen MR) is 59.3 cm³/mol. The summed E-state index contributed by atoms with van der Waals surface area (Å²) in [5.74, 6) is 0. The lowest BCUT2D eigenvalue weighted by Gasteiger charge is -2.15. The Morgan fingerprint density at radius 1 is 1.53 bits per heavy atom. The lowest BCUT2D eigenvalue weighted by atomic mass is 10.3. The molecule has 0 bridgehead atoms. The number of nitrogens with one attached hydrogen (secondary N) is 2. The Kier molecular flexibility index (Phi) is 3.13. The molecule has 15 heavy (non-hydrogen) atoms. The lowest BCUT2D eigenvalue weighted by molar-refractivity contribution is 0.552. The molecule has 0 aliphatic heterocycles. The van der Waals surface area contributed by atoms with E-state index in [1.807, 2.05) is 0 Å². The molecule has 2 atom stereocenters. The van der Waals surface area contributed by atoms with Crippen LogP contribution in [-0.2, 0) is 10.0 Å². The van der Waals surface area contributed by atoms with Crippen molar-refractivity contribution in [3.05, 3.63) is 12.3 Å². The molecule has 84 valence electrons. The summed E-state index contributed by atoms with van der Waals surface area (Å²) in [5.41, 5.74) is 0. The molecule has 0 aromatic carbocycles. The first-order chi connectivity index (χ1) is 7.09. The third-order valence-electron chi connectivity index (χ3n) is 2.50. The van der Waals surface area contributed by atoms with Gasteiger partial charge in [-0.3, -0.25) is 5.10 Å². The van der Waals surface area contributed by atoms with Crippen molar-refractivity contribution in [2.24, 2.45) is 0 Å². The first-order valence-electron chi connectivity index (χ1n) is 4.75. The zero-order valence-electron chi connectivity index (χ0n) is 7.98. The molecular formula is C8H12BrN3O2S. The molecule has 0 radical (unpaired) electrons. The molecule has 1 aromatic heterocycles. The second-order valence-electron chi connectivity index (χ2n) is 3.60. The van der Waals surface area contributed by atoms with Crippen molar-refractivity contribution in [2.45, 2.75) is 35.2 Å². The number of H-pyrrole nitrogens is 1. The van der Waals surface area contributed by atoms with Gasteiger partial charge in [0, 0.05) is 10.9 Å². The monoisotopic (exact) mass is 293 g/mol. The van der Waals surface area contributed by atoms with Gasteiger partial charge in [-0.25, -0.2) is 13.1 Å². The fourth-order valence-corrected chi connectivity index (χ4v) is 3.82. The summed E-state index contributed by atoms with van der Waals surface area (Å²) in [5, 5.41) is 6.20. The zero-order chi connectivity index (χ0) is 10.9. The largest absolute Gasteiger partial charge is 0.266 e. The molecule has 0 amide bonds. The first kappa shape index (κ1) is 11.1. The van der Waals surface area contributed by atoms with Crippen LogP contribution in [0.4, 0.5) is 0 Å². The fourth-order valence-electron chi connectivity index (χ4n) is 1.70. The number of aromatic amines is 1. The summed E-state index contributed by atoms with van der Waals surface area (Å²) in [4.78, 5) is 0.232. The minimum absolute atomic E-state index is 0.0155. The van der Waals surface area contributed by atoms with Crippen molar-refractivity contribution in [3.63, 3.8) is 0 Å². The molecule has 1 aliphatic carbocycles. The van der Waals surface area contributed by atoms with Gasteiger partial charge in [0.25, 0.3) is 10.0 Å². The van der Waals surface area contributed by atoms with E-state index >= 15 is 0 Å². The Bertz CT molecular complexity index is 417. The molecule has 2 N–H and O–H groups in total. The van der Waals surface area contributed by atoms with Crippen LogP contribution in [0.15, 0.2) is 17.3 Å². The van der Waals surface area contributed by atoms with E-state index in [9.17, 15) is 8.42 Å². The Morgan fingerprint density at radius 2 is 2.33 bits per heavy atom. The van der Waals surface area contributed by atoms with Crippen LogP contribution in [0, 0.1) is 0 Å². The highest BCUT2D eigenvalue weighted by molar-refractivity contribution is 9.09. The van der Waals surface area contributed by atoms with E-state index in [4.69, 9.17) is 0 Å². The summed E-state index contributed by atoms with van der Waals surface area (Å²) in [6.07, 6.45) is 4.36. The number of nitrogens with zero attached hydrogens (tertiary/aromatic N) is 1. The van der Waals surface area contributed by atoms with E-state index in [0.717, 1.165) is 19.3 Å². The number of alkyl halides is 1. The molecular weight excluding hydrogens is 282 g/mol. The van der Waals surface area contributed by atoms with Gasteiger partial charge in [-0.2, -0.15) is 5.10 Å². The maximum Gasteiger partial charge on any atom is 0.257 e. The summed E-state index contributed by atoms with van der Waals surface area (Å²) in [6, 6.07) is 1.43. The second-order valence-corrected chi connectivity index (χ2v) is 6.45. The number of aromatic nitrogens is 2. The molecule has 0 spiro atoms. The van der Waals surface area contributed by atoms with Crippen molar-refractivity contribution in [3.8, 4) is 0 Å². The van der Waals surface area contributed by atoms with E-state index in [1.165, 1.54) is 12.3 Å². The quantitative estimate of drug-likeness (QED) is 0.817. The van der Waals surface area contributed by atoms with Gasteiger partial charge in [-0.1, -0.05) is 22.4 Å². The Morgan fingerprint density at radius 3 is 2.87 bits per heavy atom. The fraction of sp³-hybridized carbons (Fsp3) is 0.625. The molecule has 2 unspecified atom stereocenters. The molecule has 1 heterocycles. The van der Waals surface area contributed by atoms with Crippen LogP contribution in [0.25, 0.3) is 0 Å². The Labute approximate surface area is 96.8 Å². The van der Waals surface area contributed by atoms with E-state index in [2.05, 4.69) is 30.8 Å². The molecule has 1 aromatic rings. The number of rotatable bonds is 3. The highest BCUT2D eigenvalue weighted by atomic mass is 79.9. The van der Waals surface area contributed by atoms with Crippen LogP contribution in [0.5, 0.6) is 0 Å². The third-order valence-corrected chi connectivity index (χ3v) is 5.02. The highest BCUT2D eigenvalue weighted by Crippen LogP contribution is 2.26. The van der Waals surface area contributed by atoms with E-state index in [0.29, 0.717) is 0 Å². The Hall–Kier alpha value is -0.400. The SMILES string of the molecule is O=S(=O)(NC1CCCC1Br)c1ccn[nH]1. The molecule has 1 saturated carbocycles. The van der Waals surface area contributed by atoms with E-state index < -0.39 is 10.0 Å². The van der Waals surface area contributed by atoms with Crippen LogP contribution in [0.1, 0.15) is 19.3 Å². The molecule has 2 rings (SSSR count). The van der Waals surface area contributed by atoms with Crippen LogP contribution >= 0.6 is 15.9 Å². The molecule has 1 aliphatic rings. The average Bonchev–Trinajstić information content (AvgIpc) is 2.77. The first-order valence-corrected chi connectivity index (χ1v) is 7.15. The van der Waals surface area contributed by atoms with Gasteiger partial charge in [0.15, 0.2) is 5.03 Å². The summed E-state index contributed by atoms with van der Waals surface area (Å²) >= 11 is 3.47. The second kappa shape index (κ2) is 4.23. The van der Waals surface area contributed by atoms with Gasteiger partial charge in [-0.05, 0) is 18.9 Å². The number of halogens is 1. The van der Waals surface area contributed by atoms with Gasteiger partial charge in [0.05, 0.1) is 6.20 Å². The van der Waals surface area contributed by atoms with Crippen molar-refractivity contribution in [1.82, 2.24) is 14.9 Å². The van der Waals surface area contributed by atoms with Crippen LogP contribution in [0.2, 0.25) is 0 Å². The predicted octanol–water partition coefficient (Wildman–Crippen LogP) is 1.00. The van der Waals surface area contributed by atoms with Crippen molar-refractivity contribution >= 4 is 26.0 Å². The number of sulfonamides is 1. The van der Waals surface area contributed by atoms with Gasteiger partial charge in [0.2, 0.25) is 0 Å². The van der Waals surface area contributed by atoms with Gasteiger partial charge < -0.3 is 0 Å². The van der Waals surface area contributed by atoms with E-state index in [-0.39, 0.29) is 15.9 Å². The van der Waals surface area contributed by atoms with Gasteiger partial charge >= 0.3 is 0 Å². The van der Waals surface area contributed by atoms with Gasteiger partial charge in [-0.15, -0.1) is 0 Å². The highest BCUT2D eigenvalue weighted by Gasteiger charge is 2.29. The molecule has 1 fully saturated rings. The topological polar surface area (TPSA) is 74.8 Å². The third kappa shape index (κ3) is 2.40. The van der Waals surface area contributed by atoms with Crippen LogP contribution in [0.3, 0.4) is 0 Å². The van der Waals surface area contributed by atoms with E-state index in [1.54, 1.807) is 0 Å². The van der Waals surface area contributed by atoms with Crippen LogP contribution < -0.4 is 4.72 Å². The normalized spacial score (nSPS) is 27.0. The Balaban J connectivity index is 2.11. The standard InChI is InChI=1S/C8H12BrN3O2S/c9-6-2-1-3-7(6)12-15(13,14)8-4-5-10-11-8/h4-7,12H,1-3H2,(H,10,11). The van der Waals surface area contributed by atoms with Gasteiger partial charge in [0.1, 0.15) is 0 Å². The average molecular weight is 294 g/mol. The number of hydrogen-bond donors (Lipinski definition) is 2. The molecule has 5 nitrogen and oxygen atoms in total. The maximum absolute atomic E-state index is 11.8. The molecule has 7 heteroatoms. The minimum Gasteiger partial charge on any atom is -0.266 e. The smallest absolute Gasteiger partial charge is 0.257 e.